The Hall–Kier alpha value is -3.87. The molecule has 7 heteroatoms. The van der Waals surface area contributed by atoms with Crippen LogP contribution >= 0.6 is 0 Å². The molecule has 0 radical (unpaired) electrons. The van der Waals surface area contributed by atoms with E-state index in [-0.39, 0.29) is 18.2 Å². The van der Waals surface area contributed by atoms with E-state index in [2.05, 4.69) is 22.5 Å². The molecule has 0 saturated heterocycles. The van der Waals surface area contributed by atoms with Crippen molar-refractivity contribution in [3.05, 3.63) is 94.0 Å². The molecule has 0 aliphatic rings. The maximum Gasteiger partial charge on any atom is 0.279 e. The molecular weight excluding hydrogens is 404 g/mol. The Kier molecular flexibility index (Phi) is 6.07. The van der Waals surface area contributed by atoms with E-state index < -0.39 is 0 Å². The molecule has 0 fully saturated rings. The summed E-state index contributed by atoms with van der Waals surface area (Å²) in [6, 6.07) is 17.8. The molecular formula is C25H26N4O3. The summed E-state index contributed by atoms with van der Waals surface area (Å²) in [5.41, 5.74) is 5.22. The lowest BCUT2D eigenvalue weighted by molar-refractivity contribution is 0.101. The lowest BCUT2D eigenvalue weighted by atomic mass is 10.1. The second-order valence-corrected chi connectivity index (χ2v) is 7.87. The third-order valence-electron chi connectivity index (χ3n) is 5.46. The summed E-state index contributed by atoms with van der Waals surface area (Å²) in [7, 11) is 0. The van der Waals surface area contributed by atoms with Gasteiger partial charge in [-0.25, -0.2) is 0 Å². The van der Waals surface area contributed by atoms with Crippen molar-refractivity contribution in [2.45, 2.75) is 40.8 Å². The van der Waals surface area contributed by atoms with Crippen molar-refractivity contribution >= 4 is 11.7 Å². The Balaban J connectivity index is 1.46. The minimum absolute atomic E-state index is 0.183. The van der Waals surface area contributed by atoms with Gasteiger partial charge in [-0.3, -0.25) is 9.48 Å². The number of amides is 1. The molecule has 1 amide bonds. The highest BCUT2D eigenvalue weighted by atomic mass is 16.5. The molecule has 0 aliphatic carbocycles. The highest BCUT2D eigenvalue weighted by Gasteiger charge is 2.21. The summed E-state index contributed by atoms with van der Waals surface area (Å²) in [6.45, 7) is 8.61. The molecule has 0 aliphatic heterocycles. The summed E-state index contributed by atoms with van der Waals surface area (Å²) in [5.74, 6) is 1.36. The van der Waals surface area contributed by atoms with Crippen LogP contribution in [0.15, 0.2) is 59.1 Å². The largest absolute Gasteiger partial charge is 0.489 e. The van der Waals surface area contributed by atoms with Crippen LogP contribution in [0.1, 0.15) is 44.2 Å². The molecule has 2 aromatic heterocycles. The number of anilines is 1. The number of nitrogens with zero attached hydrogens (tertiary/aromatic N) is 3. The predicted molar refractivity (Wildman–Crippen MR) is 122 cm³/mol. The molecule has 0 unspecified atom stereocenters. The zero-order valence-electron chi connectivity index (χ0n) is 18.7. The maximum atomic E-state index is 12.9. The third-order valence-corrected chi connectivity index (χ3v) is 5.46. The van der Waals surface area contributed by atoms with Gasteiger partial charge >= 0.3 is 0 Å². The number of rotatable bonds is 7. The number of hydrogen-bond donors (Lipinski definition) is 1. The van der Waals surface area contributed by atoms with Crippen LogP contribution in [-0.2, 0) is 13.2 Å². The monoisotopic (exact) mass is 430 g/mol. The van der Waals surface area contributed by atoms with Gasteiger partial charge in [0.1, 0.15) is 18.1 Å². The number of aromatic nitrogens is 3. The molecule has 32 heavy (non-hydrogen) atoms. The van der Waals surface area contributed by atoms with Crippen LogP contribution in [-0.4, -0.2) is 20.8 Å². The van der Waals surface area contributed by atoms with Gasteiger partial charge in [0.05, 0.1) is 12.1 Å². The second kappa shape index (κ2) is 9.09. The smallest absolute Gasteiger partial charge is 0.279 e. The molecule has 1 N–H and O–H groups in total. The standard InChI is InChI=1S/C25H26N4O3/c1-16-10-11-21(12-17(16)2)31-15-22-19(4)32-28-24(22)25(30)26-23-13-18(3)29(27-23)14-20-8-6-5-7-9-20/h5-13H,14-15H2,1-4H3,(H,26,27,30). The molecule has 4 aromatic rings. The molecule has 7 nitrogen and oxygen atoms in total. The first kappa shape index (κ1) is 21.4. The normalized spacial score (nSPS) is 10.9. The Morgan fingerprint density at radius 3 is 2.56 bits per heavy atom. The van der Waals surface area contributed by atoms with Gasteiger partial charge in [-0.1, -0.05) is 41.6 Å². The van der Waals surface area contributed by atoms with Gasteiger partial charge in [-0.15, -0.1) is 0 Å². The number of carbonyl (C=O) groups is 1. The number of benzene rings is 2. The van der Waals surface area contributed by atoms with Crippen molar-refractivity contribution in [3.63, 3.8) is 0 Å². The summed E-state index contributed by atoms with van der Waals surface area (Å²) in [4.78, 5) is 12.9. The van der Waals surface area contributed by atoms with E-state index in [0.717, 1.165) is 22.6 Å². The Morgan fingerprint density at radius 2 is 1.81 bits per heavy atom. The number of nitrogens with one attached hydrogen (secondary N) is 1. The second-order valence-electron chi connectivity index (χ2n) is 7.87. The van der Waals surface area contributed by atoms with Gasteiger partial charge in [0.15, 0.2) is 11.5 Å². The number of aryl methyl sites for hydroxylation is 4. The zero-order valence-corrected chi connectivity index (χ0v) is 18.7. The van der Waals surface area contributed by atoms with Crippen LogP contribution in [0.5, 0.6) is 5.75 Å². The van der Waals surface area contributed by atoms with Crippen molar-refractivity contribution in [2.75, 3.05) is 5.32 Å². The van der Waals surface area contributed by atoms with E-state index in [0.29, 0.717) is 23.7 Å². The van der Waals surface area contributed by atoms with Gasteiger partial charge in [0, 0.05) is 11.8 Å². The molecule has 2 heterocycles. The third kappa shape index (κ3) is 4.72. The fourth-order valence-corrected chi connectivity index (χ4v) is 3.36. The van der Waals surface area contributed by atoms with Crippen LogP contribution in [0.2, 0.25) is 0 Å². The lowest BCUT2D eigenvalue weighted by Gasteiger charge is -2.08. The Labute approximate surface area is 187 Å². The summed E-state index contributed by atoms with van der Waals surface area (Å²) in [6.07, 6.45) is 0. The molecule has 0 saturated carbocycles. The van der Waals surface area contributed by atoms with Crippen molar-refractivity contribution in [1.82, 2.24) is 14.9 Å². The van der Waals surface area contributed by atoms with Gasteiger partial charge in [-0.2, -0.15) is 5.10 Å². The van der Waals surface area contributed by atoms with Crippen LogP contribution in [0, 0.1) is 27.7 Å². The number of carbonyl (C=O) groups excluding carboxylic acids is 1. The molecule has 4 rings (SSSR count). The van der Waals surface area contributed by atoms with Crippen LogP contribution in [0.25, 0.3) is 0 Å². The fourth-order valence-electron chi connectivity index (χ4n) is 3.36. The van der Waals surface area contributed by atoms with E-state index in [9.17, 15) is 4.79 Å². The summed E-state index contributed by atoms with van der Waals surface area (Å²) in [5, 5.41) is 11.3. The maximum absolute atomic E-state index is 12.9. The van der Waals surface area contributed by atoms with E-state index in [1.54, 1.807) is 6.92 Å². The van der Waals surface area contributed by atoms with Crippen LogP contribution in [0.3, 0.4) is 0 Å². The van der Waals surface area contributed by atoms with Crippen molar-refractivity contribution in [3.8, 4) is 5.75 Å². The summed E-state index contributed by atoms with van der Waals surface area (Å²) < 4.78 is 13.0. The average Bonchev–Trinajstić information content (AvgIpc) is 3.31. The van der Waals surface area contributed by atoms with Crippen LogP contribution in [0.4, 0.5) is 5.82 Å². The van der Waals surface area contributed by atoms with Crippen molar-refractivity contribution < 1.29 is 14.1 Å². The topological polar surface area (TPSA) is 82.2 Å². The molecule has 164 valence electrons. The van der Waals surface area contributed by atoms with Crippen molar-refractivity contribution in [2.24, 2.45) is 0 Å². The van der Waals surface area contributed by atoms with Gasteiger partial charge < -0.3 is 14.6 Å². The Morgan fingerprint density at radius 1 is 1.03 bits per heavy atom. The molecule has 0 bridgehead atoms. The zero-order chi connectivity index (χ0) is 22.7. The number of ether oxygens (including phenoxy) is 1. The first-order valence-electron chi connectivity index (χ1n) is 10.5. The van der Waals surface area contributed by atoms with Gasteiger partial charge in [-0.05, 0) is 56.5 Å². The van der Waals surface area contributed by atoms with E-state index >= 15 is 0 Å². The van der Waals surface area contributed by atoms with Crippen molar-refractivity contribution in [1.29, 1.82) is 0 Å². The van der Waals surface area contributed by atoms with Crippen LogP contribution < -0.4 is 10.1 Å². The van der Waals surface area contributed by atoms with E-state index in [1.165, 1.54) is 5.56 Å². The first-order chi connectivity index (χ1) is 15.4. The molecule has 0 atom stereocenters. The predicted octanol–water partition coefficient (Wildman–Crippen LogP) is 4.98. The lowest BCUT2D eigenvalue weighted by Crippen LogP contribution is -2.16. The average molecular weight is 431 g/mol. The highest BCUT2D eigenvalue weighted by Crippen LogP contribution is 2.21. The molecule has 2 aromatic carbocycles. The summed E-state index contributed by atoms with van der Waals surface area (Å²) >= 11 is 0. The number of hydrogen-bond acceptors (Lipinski definition) is 5. The SMILES string of the molecule is Cc1ccc(OCc2c(C(=O)Nc3cc(C)n(Cc4ccccc4)n3)noc2C)cc1C. The molecule has 0 spiro atoms. The fraction of sp³-hybridized carbons (Fsp3) is 0.240. The minimum atomic E-state index is -0.384. The Bertz CT molecular complexity index is 1240. The first-order valence-corrected chi connectivity index (χ1v) is 10.5. The quantitative estimate of drug-likeness (QED) is 0.447. The van der Waals surface area contributed by atoms with E-state index in [4.69, 9.17) is 9.26 Å². The van der Waals surface area contributed by atoms with E-state index in [1.807, 2.05) is 73.1 Å². The van der Waals surface area contributed by atoms with Gasteiger partial charge in [0.25, 0.3) is 5.91 Å². The van der Waals surface area contributed by atoms with Gasteiger partial charge in [0.2, 0.25) is 0 Å². The minimum Gasteiger partial charge on any atom is -0.489 e. The highest BCUT2D eigenvalue weighted by molar-refractivity contribution is 6.03.